The van der Waals surface area contributed by atoms with E-state index >= 15 is 0 Å². The van der Waals surface area contributed by atoms with Gasteiger partial charge in [0.25, 0.3) is 0 Å². The number of hydrogen-bond donors (Lipinski definition) is 0. The van der Waals surface area contributed by atoms with Crippen molar-refractivity contribution in [3.05, 3.63) is 120 Å². The van der Waals surface area contributed by atoms with Crippen LogP contribution in [0.3, 0.4) is 0 Å². The van der Waals surface area contributed by atoms with E-state index in [1.54, 1.807) is 12.1 Å². The van der Waals surface area contributed by atoms with E-state index in [1.165, 1.54) is 5.69 Å². The molecule has 250 valence electrons. The molecule has 0 N–H and O–H groups in total. The van der Waals surface area contributed by atoms with E-state index in [2.05, 4.69) is 88.7 Å². The Kier molecular flexibility index (Phi) is 11.0. The highest BCUT2D eigenvalue weighted by Crippen LogP contribution is 2.40. The number of halogens is 2. The van der Waals surface area contributed by atoms with Crippen LogP contribution in [0.25, 0.3) is 22.6 Å². The van der Waals surface area contributed by atoms with E-state index in [-0.39, 0.29) is 18.6 Å². The van der Waals surface area contributed by atoms with Crippen LogP contribution in [0.4, 0.5) is 8.78 Å². The average molecular weight is 652 g/mol. The number of imidazole rings is 1. The fourth-order valence-corrected chi connectivity index (χ4v) is 6.41. The van der Waals surface area contributed by atoms with Crippen LogP contribution in [-0.4, -0.2) is 27.9 Å². The molecule has 0 amide bonds. The van der Waals surface area contributed by atoms with Crippen molar-refractivity contribution in [3.63, 3.8) is 0 Å². The van der Waals surface area contributed by atoms with Crippen LogP contribution in [-0.2, 0) is 19.6 Å². The number of hydrogen-bond acceptors (Lipinski definition) is 5. The second-order valence-electron chi connectivity index (χ2n) is 12.2. The van der Waals surface area contributed by atoms with E-state index in [4.69, 9.17) is 14.5 Å². The standard InChI is InChI=1S/C40H43F2N3O3/c1-3-5-17-34(38-37(31-13-9-7-10-14-31)43-39(45(38)24-6-4-2)32-15-11-8-12-16-32)44(26-29-18-21-33(22-19-29)48-40(41)42)27-30-20-23-35-36(25-30)47-28-46-35/h7-16,18-23,25,34,40H,3-6,17,24,26-28H2,1-2H3/t34-/m0/s1. The fourth-order valence-electron chi connectivity index (χ4n) is 6.41. The summed E-state index contributed by atoms with van der Waals surface area (Å²) in [5.41, 5.74) is 6.45. The highest BCUT2D eigenvalue weighted by molar-refractivity contribution is 5.69. The van der Waals surface area contributed by atoms with E-state index in [0.717, 1.165) is 83.9 Å². The maximum atomic E-state index is 13.0. The van der Waals surface area contributed by atoms with Gasteiger partial charge in [0.15, 0.2) is 11.5 Å². The van der Waals surface area contributed by atoms with Gasteiger partial charge in [-0.05, 0) is 48.2 Å². The summed E-state index contributed by atoms with van der Waals surface area (Å²) < 4.78 is 44.4. The van der Waals surface area contributed by atoms with Gasteiger partial charge in [0.1, 0.15) is 11.6 Å². The Balaban J connectivity index is 1.51. The zero-order chi connectivity index (χ0) is 33.3. The Hall–Kier alpha value is -4.69. The third-order valence-corrected chi connectivity index (χ3v) is 8.77. The molecule has 0 fully saturated rings. The van der Waals surface area contributed by atoms with Crippen LogP contribution < -0.4 is 14.2 Å². The molecule has 4 aromatic carbocycles. The molecule has 0 aliphatic carbocycles. The predicted molar refractivity (Wildman–Crippen MR) is 185 cm³/mol. The number of benzene rings is 4. The molecule has 48 heavy (non-hydrogen) atoms. The van der Waals surface area contributed by atoms with Crippen LogP contribution in [0.2, 0.25) is 0 Å². The van der Waals surface area contributed by atoms with E-state index in [1.807, 2.05) is 30.3 Å². The van der Waals surface area contributed by atoms with Gasteiger partial charge in [-0.15, -0.1) is 0 Å². The normalized spacial score (nSPS) is 13.0. The quantitative estimate of drug-likeness (QED) is 0.106. The second-order valence-corrected chi connectivity index (χ2v) is 12.2. The van der Waals surface area contributed by atoms with E-state index < -0.39 is 6.61 Å². The number of ether oxygens (including phenoxy) is 3. The first-order valence-electron chi connectivity index (χ1n) is 16.9. The van der Waals surface area contributed by atoms with E-state index in [0.29, 0.717) is 13.1 Å². The molecule has 8 heteroatoms. The summed E-state index contributed by atoms with van der Waals surface area (Å²) in [4.78, 5) is 7.92. The molecule has 1 atom stereocenters. The smallest absolute Gasteiger partial charge is 0.387 e. The van der Waals surface area contributed by atoms with Gasteiger partial charge < -0.3 is 18.8 Å². The lowest BCUT2D eigenvalue weighted by Gasteiger charge is -2.34. The zero-order valence-corrected chi connectivity index (χ0v) is 27.7. The highest BCUT2D eigenvalue weighted by atomic mass is 19.3. The van der Waals surface area contributed by atoms with Crippen LogP contribution in [0.1, 0.15) is 68.8 Å². The number of unbranched alkanes of at least 4 members (excludes halogenated alkanes) is 2. The van der Waals surface area contributed by atoms with Gasteiger partial charge in [-0.25, -0.2) is 4.98 Å². The SMILES string of the molecule is CCCC[C@@H](c1c(-c2ccccc2)nc(-c2ccccc2)n1CCCC)N(Cc1ccc(OC(F)F)cc1)Cc1ccc2c(c1)OCO2. The molecular weight excluding hydrogens is 608 g/mol. The van der Waals surface area contributed by atoms with Crippen molar-refractivity contribution in [3.8, 4) is 39.9 Å². The van der Waals surface area contributed by atoms with Crippen LogP contribution in [0, 0.1) is 0 Å². The number of nitrogens with zero attached hydrogens (tertiary/aromatic N) is 3. The molecule has 0 saturated heterocycles. The highest BCUT2D eigenvalue weighted by Gasteiger charge is 2.31. The monoisotopic (exact) mass is 651 g/mol. The second kappa shape index (κ2) is 15.9. The Morgan fingerprint density at radius 2 is 1.42 bits per heavy atom. The maximum Gasteiger partial charge on any atom is 0.387 e. The molecule has 0 saturated carbocycles. The van der Waals surface area contributed by atoms with E-state index in [9.17, 15) is 8.78 Å². The summed E-state index contributed by atoms with van der Waals surface area (Å²) in [7, 11) is 0. The Bertz CT molecular complexity index is 1740. The summed E-state index contributed by atoms with van der Waals surface area (Å²) >= 11 is 0. The molecule has 6 nitrogen and oxygen atoms in total. The minimum absolute atomic E-state index is 0.00983. The molecule has 2 heterocycles. The van der Waals surface area contributed by atoms with Crippen molar-refractivity contribution in [2.24, 2.45) is 0 Å². The lowest BCUT2D eigenvalue weighted by atomic mass is 9.97. The molecule has 1 aliphatic rings. The van der Waals surface area contributed by atoms with Crippen molar-refractivity contribution in [1.29, 1.82) is 0 Å². The first kappa shape index (κ1) is 33.2. The van der Waals surface area contributed by atoms with Gasteiger partial charge in [-0.1, -0.05) is 112 Å². The first-order chi connectivity index (χ1) is 23.5. The van der Waals surface area contributed by atoms with Crippen molar-refractivity contribution >= 4 is 0 Å². The summed E-state index contributed by atoms with van der Waals surface area (Å²) in [6, 6.07) is 34.0. The number of fused-ring (bicyclic) bond motifs is 1. The molecule has 6 rings (SSSR count). The lowest BCUT2D eigenvalue weighted by Crippen LogP contribution is -2.30. The number of aromatic nitrogens is 2. The fraction of sp³-hybridized carbons (Fsp3) is 0.325. The van der Waals surface area contributed by atoms with Gasteiger partial charge in [0, 0.05) is 30.8 Å². The van der Waals surface area contributed by atoms with Gasteiger partial charge in [-0.2, -0.15) is 8.78 Å². The van der Waals surface area contributed by atoms with Crippen molar-refractivity contribution in [1.82, 2.24) is 14.5 Å². The summed E-state index contributed by atoms with van der Waals surface area (Å²) in [6.07, 6.45) is 5.06. The Labute approximate surface area is 281 Å². The Morgan fingerprint density at radius 3 is 2.10 bits per heavy atom. The van der Waals surface area contributed by atoms with Crippen LogP contribution >= 0.6 is 0 Å². The van der Waals surface area contributed by atoms with Crippen LogP contribution in [0.5, 0.6) is 17.2 Å². The summed E-state index contributed by atoms with van der Waals surface area (Å²) in [5.74, 6) is 2.61. The molecule has 0 radical (unpaired) electrons. The predicted octanol–water partition coefficient (Wildman–Crippen LogP) is 10.3. The van der Waals surface area contributed by atoms with Gasteiger partial charge >= 0.3 is 6.61 Å². The first-order valence-corrected chi connectivity index (χ1v) is 16.9. The number of alkyl halides is 2. The topological polar surface area (TPSA) is 48.8 Å². The molecule has 1 aliphatic heterocycles. The van der Waals surface area contributed by atoms with Gasteiger partial charge in [0.2, 0.25) is 6.79 Å². The molecular formula is C40H43F2N3O3. The van der Waals surface area contributed by atoms with Crippen molar-refractivity contribution in [2.45, 2.75) is 78.2 Å². The largest absolute Gasteiger partial charge is 0.454 e. The molecule has 5 aromatic rings. The lowest BCUT2D eigenvalue weighted by molar-refractivity contribution is -0.0498. The maximum absolute atomic E-state index is 13.0. The van der Waals surface area contributed by atoms with Crippen molar-refractivity contribution in [2.75, 3.05) is 6.79 Å². The molecule has 0 bridgehead atoms. The van der Waals surface area contributed by atoms with Crippen molar-refractivity contribution < 1.29 is 23.0 Å². The molecule has 0 spiro atoms. The van der Waals surface area contributed by atoms with Gasteiger partial charge in [0.05, 0.1) is 17.4 Å². The summed E-state index contributed by atoms with van der Waals surface area (Å²) in [6.45, 7) is 3.86. The Morgan fingerprint density at radius 1 is 0.771 bits per heavy atom. The zero-order valence-electron chi connectivity index (χ0n) is 27.7. The minimum atomic E-state index is -2.87. The minimum Gasteiger partial charge on any atom is -0.454 e. The molecule has 0 unspecified atom stereocenters. The molecule has 1 aromatic heterocycles. The van der Waals surface area contributed by atoms with Gasteiger partial charge in [-0.3, -0.25) is 4.90 Å². The number of rotatable bonds is 16. The summed E-state index contributed by atoms with van der Waals surface area (Å²) in [5, 5.41) is 0. The van der Waals surface area contributed by atoms with Crippen LogP contribution in [0.15, 0.2) is 103 Å². The third kappa shape index (κ3) is 7.88. The average Bonchev–Trinajstić information content (AvgIpc) is 3.73. The third-order valence-electron chi connectivity index (χ3n) is 8.77.